The first kappa shape index (κ1) is 18.7. The monoisotopic (exact) mass is 418 g/mol. The van der Waals surface area contributed by atoms with Crippen LogP contribution >= 0.6 is 11.6 Å². The lowest BCUT2D eigenvalue weighted by molar-refractivity contribution is -0.0444. The number of sulfone groups is 1. The van der Waals surface area contributed by atoms with Crippen LogP contribution in [0.2, 0.25) is 5.02 Å². The molecule has 2 aromatic carbocycles. The second kappa shape index (κ2) is 6.21. The molecule has 1 aromatic heterocycles. The van der Waals surface area contributed by atoms with Crippen molar-refractivity contribution in [3.8, 4) is 11.8 Å². The quantitative estimate of drug-likeness (QED) is 0.678. The molecule has 0 bridgehead atoms. The second-order valence-corrected chi connectivity index (χ2v) is 9.53. The van der Waals surface area contributed by atoms with Crippen LogP contribution < -0.4 is 4.74 Å². The van der Waals surface area contributed by atoms with Crippen molar-refractivity contribution < 1.29 is 22.8 Å². The largest absolute Gasteiger partial charge is 0.485 e. The Hall–Kier alpha value is -2.60. The van der Waals surface area contributed by atoms with E-state index in [9.17, 15) is 18.8 Å². The van der Waals surface area contributed by atoms with Gasteiger partial charge in [0.2, 0.25) is 14.9 Å². The Bertz CT molecular complexity index is 1240. The summed E-state index contributed by atoms with van der Waals surface area (Å²) in [6, 6.07) is 11.0. The molecule has 9 heteroatoms. The van der Waals surface area contributed by atoms with Crippen molar-refractivity contribution in [3.63, 3.8) is 0 Å². The number of nitrogens with zero attached hydrogens (tertiary/aromatic N) is 2. The highest BCUT2D eigenvalue weighted by Gasteiger charge is 2.50. The SMILES string of the molecule is CC1(C)Oc2ccc(C#N)cc2[C@@H](S(=O)(=O)c2noc3cc(Cl)ccc23)[C@@H]1O. The van der Waals surface area contributed by atoms with Crippen molar-refractivity contribution in [2.75, 3.05) is 0 Å². The van der Waals surface area contributed by atoms with E-state index in [2.05, 4.69) is 5.16 Å². The number of nitriles is 1. The smallest absolute Gasteiger partial charge is 0.209 e. The Morgan fingerprint density at radius 2 is 2.00 bits per heavy atom. The zero-order valence-corrected chi connectivity index (χ0v) is 16.5. The number of aliphatic hydroxyl groups excluding tert-OH is 1. The number of hydrogen-bond acceptors (Lipinski definition) is 7. The molecular formula is C19H15ClN2O5S. The van der Waals surface area contributed by atoms with Gasteiger partial charge in [0.25, 0.3) is 0 Å². The molecule has 0 fully saturated rings. The number of benzene rings is 2. The van der Waals surface area contributed by atoms with E-state index >= 15 is 0 Å². The van der Waals surface area contributed by atoms with Crippen molar-refractivity contribution in [1.82, 2.24) is 5.16 Å². The van der Waals surface area contributed by atoms with Gasteiger partial charge in [0.1, 0.15) is 22.7 Å². The van der Waals surface area contributed by atoms with E-state index in [1.165, 1.54) is 36.4 Å². The predicted molar refractivity (Wildman–Crippen MR) is 101 cm³/mol. The fraction of sp³-hybridized carbons (Fsp3) is 0.263. The zero-order valence-electron chi connectivity index (χ0n) is 14.9. The highest BCUT2D eigenvalue weighted by Crippen LogP contribution is 2.46. The molecule has 2 atom stereocenters. The van der Waals surface area contributed by atoms with E-state index in [4.69, 9.17) is 20.9 Å². The molecule has 1 aliphatic heterocycles. The highest BCUT2D eigenvalue weighted by molar-refractivity contribution is 7.91. The summed E-state index contributed by atoms with van der Waals surface area (Å²) in [6.07, 6.45) is -1.40. The Labute approximate surface area is 166 Å². The fourth-order valence-corrected chi connectivity index (χ4v) is 5.57. The average molecular weight is 419 g/mol. The van der Waals surface area contributed by atoms with Gasteiger partial charge in [-0.3, -0.25) is 0 Å². The van der Waals surface area contributed by atoms with Gasteiger partial charge in [0.15, 0.2) is 5.58 Å². The third kappa shape index (κ3) is 2.75. The van der Waals surface area contributed by atoms with Crippen molar-refractivity contribution in [2.24, 2.45) is 0 Å². The molecule has 0 saturated carbocycles. The molecule has 3 aromatic rings. The standard InChI is InChI=1S/C19H15ClN2O5S/c1-19(2)17(23)16(13-7-10(9-21)3-6-14(13)26-19)28(24,25)18-12-5-4-11(20)8-15(12)27-22-18/h3-8,16-17,23H,1-2H3/t16-,17+/m1/s1. The number of aromatic nitrogens is 1. The van der Waals surface area contributed by atoms with Crippen LogP contribution in [0.1, 0.15) is 30.2 Å². The van der Waals surface area contributed by atoms with Crippen LogP contribution in [0.15, 0.2) is 45.9 Å². The van der Waals surface area contributed by atoms with Crippen LogP contribution in [-0.4, -0.2) is 30.4 Å². The number of rotatable bonds is 2. The topological polar surface area (TPSA) is 113 Å². The van der Waals surface area contributed by atoms with Crippen LogP contribution in [-0.2, 0) is 9.84 Å². The average Bonchev–Trinajstić information content (AvgIpc) is 3.05. The van der Waals surface area contributed by atoms with E-state index in [0.717, 1.165) is 0 Å². The lowest BCUT2D eigenvalue weighted by atomic mass is 9.90. The molecule has 2 heterocycles. The number of halogens is 1. The maximum absolute atomic E-state index is 13.6. The van der Waals surface area contributed by atoms with Gasteiger partial charge < -0.3 is 14.4 Å². The Morgan fingerprint density at radius 3 is 2.71 bits per heavy atom. The molecule has 0 aliphatic carbocycles. The molecule has 7 nitrogen and oxygen atoms in total. The summed E-state index contributed by atoms with van der Waals surface area (Å²) in [5.41, 5.74) is -0.498. The molecule has 1 N–H and O–H groups in total. The maximum atomic E-state index is 13.6. The lowest BCUT2D eigenvalue weighted by Crippen LogP contribution is -2.50. The first-order chi connectivity index (χ1) is 13.1. The van der Waals surface area contributed by atoms with Crippen LogP contribution in [0.3, 0.4) is 0 Å². The van der Waals surface area contributed by atoms with Crippen LogP contribution in [0.4, 0.5) is 0 Å². The zero-order chi connectivity index (χ0) is 20.3. The fourth-order valence-electron chi connectivity index (χ4n) is 3.36. The molecule has 0 saturated heterocycles. The number of ether oxygens (including phenoxy) is 1. The minimum Gasteiger partial charge on any atom is -0.485 e. The molecule has 0 spiro atoms. The summed E-state index contributed by atoms with van der Waals surface area (Å²) in [5.74, 6) is 0.290. The minimum atomic E-state index is -4.20. The summed E-state index contributed by atoms with van der Waals surface area (Å²) >= 11 is 5.93. The van der Waals surface area contributed by atoms with Crippen molar-refractivity contribution in [1.29, 1.82) is 5.26 Å². The first-order valence-corrected chi connectivity index (χ1v) is 10.3. The van der Waals surface area contributed by atoms with Crippen molar-refractivity contribution in [3.05, 3.63) is 52.5 Å². The highest BCUT2D eigenvalue weighted by atomic mass is 35.5. The summed E-state index contributed by atoms with van der Waals surface area (Å²) in [4.78, 5) is 0. The molecule has 0 amide bonds. The van der Waals surface area contributed by atoms with E-state index in [1.54, 1.807) is 13.8 Å². The summed E-state index contributed by atoms with van der Waals surface area (Å²) in [6.45, 7) is 3.20. The van der Waals surface area contributed by atoms with Gasteiger partial charge in [0, 0.05) is 16.7 Å². The third-order valence-corrected chi connectivity index (χ3v) is 7.07. The van der Waals surface area contributed by atoms with E-state index in [-0.39, 0.29) is 27.1 Å². The van der Waals surface area contributed by atoms with Gasteiger partial charge in [-0.2, -0.15) is 5.26 Å². The first-order valence-electron chi connectivity index (χ1n) is 8.35. The molecule has 28 heavy (non-hydrogen) atoms. The van der Waals surface area contributed by atoms with Crippen LogP contribution in [0.25, 0.3) is 11.0 Å². The van der Waals surface area contributed by atoms with Crippen molar-refractivity contribution >= 4 is 32.4 Å². The molecule has 1 aliphatic rings. The number of aliphatic hydroxyl groups is 1. The Kier molecular flexibility index (Phi) is 4.16. The summed E-state index contributed by atoms with van der Waals surface area (Å²) < 4.78 is 38.0. The van der Waals surface area contributed by atoms with Crippen LogP contribution in [0.5, 0.6) is 5.75 Å². The van der Waals surface area contributed by atoms with E-state index in [0.29, 0.717) is 10.8 Å². The summed E-state index contributed by atoms with van der Waals surface area (Å²) in [5, 5.41) is 22.8. The molecule has 144 valence electrons. The van der Waals surface area contributed by atoms with E-state index in [1.807, 2.05) is 6.07 Å². The summed E-state index contributed by atoms with van der Waals surface area (Å²) in [7, 11) is -4.20. The van der Waals surface area contributed by atoms with Crippen LogP contribution in [0, 0.1) is 11.3 Å². The third-order valence-electron chi connectivity index (χ3n) is 4.82. The molecule has 4 rings (SSSR count). The van der Waals surface area contributed by atoms with E-state index < -0.39 is 26.8 Å². The van der Waals surface area contributed by atoms with Gasteiger partial charge in [-0.1, -0.05) is 16.8 Å². The number of fused-ring (bicyclic) bond motifs is 2. The molecule has 0 unspecified atom stereocenters. The van der Waals surface area contributed by atoms with Gasteiger partial charge in [-0.05, 0) is 44.2 Å². The predicted octanol–water partition coefficient (Wildman–Crippen LogP) is 3.40. The van der Waals surface area contributed by atoms with Gasteiger partial charge >= 0.3 is 0 Å². The van der Waals surface area contributed by atoms with Gasteiger partial charge in [-0.25, -0.2) is 8.42 Å². The Morgan fingerprint density at radius 1 is 1.25 bits per heavy atom. The Balaban J connectivity index is 1.97. The van der Waals surface area contributed by atoms with Gasteiger partial charge in [-0.15, -0.1) is 0 Å². The molecular weight excluding hydrogens is 404 g/mol. The minimum absolute atomic E-state index is 0.205. The number of hydrogen-bond donors (Lipinski definition) is 1. The normalized spacial score (nSPS) is 21.0. The van der Waals surface area contributed by atoms with Gasteiger partial charge in [0.05, 0.1) is 17.0 Å². The van der Waals surface area contributed by atoms with Crippen molar-refractivity contribution in [2.45, 2.75) is 35.8 Å². The second-order valence-electron chi connectivity index (χ2n) is 7.11. The molecule has 0 radical (unpaired) electrons. The maximum Gasteiger partial charge on any atom is 0.209 e. The lowest BCUT2D eigenvalue weighted by Gasteiger charge is -2.41.